The molecule has 4 nitrogen and oxygen atoms in total. The molecule has 0 amide bonds. The lowest BCUT2D eigenvalue weighted by molar-refractivity contribution is 0.0683. The van der Waals surface area contributed by atoms with Gasteiger partial charge in [0.25, 0.3) is 6.43 Å². The second kappa shape index (κ2) is 4.99. The second-order valence-electron chi connectivity index (χ2n) is 2.76. The summed E-state index contributed by atoms with van der Waals surface area (Å²) >= 11 is 2.93. The van der Waals surface area contributed by atoms with Gasteiger partial charge in [-0.15, -0.1) is 0 Å². The van der Waals surface area contributed by atoms with Crippen molar-refractivity contribution in [2.24, 2.45) is 0 Å². The van der Waals surface area contributed by atoms with E-state index in [-0.39, 0.29) is 16.6 Å². The molecule has 0 bridgehead atoms. The van der Waals surface area contributed by atoms with Gasteiger partial charge in [-0.05, 0) is 0 Å². The van der Waals surface area contributed by atoms with Crippen molar-refractivity contribution in [2.45, 2.75) is 11.8 Å². The van der Waals surface area contributed by atoms with E-state index in [4.69, 9.17) is 10.4 Å². The molecule has 1 heterocycles. The summed E-state index contributed by atoms with van der Waals surface area (Å²) in [6, 6.07) is 1.53. The van der Waals surface area contributed by atoms with Gasteiger partial charge in [0.2, 0.25) is 0 Å². The first-order valence-electron chi connectivity index (χ1n) is 4.02. The van der Waals surface area contributed by atoms with Crippen LogP contribution in [0.3, 0.4) is 0 Å². The lowest BCUT2D eigenvalue weighted by Gasteiger charge is -2.10. The summed E-state index contributed by atoms with van der Waals surface area (Å²) in [6.45, 7) is 0. The normalized spacial score (nSPS) is 10.2. The lowest BCUT2D eigenvalue weighted by atomic mass is 10.0. The minimum Gasteiger partial charge on any atom is -0.478 e. The Kier molecular flexibility index (Phi) is 3.90. The highest BCUT2D eigenvalue weighted by Crippen LogP contribution is 2.29. The Morgan fingerprint density at radius 3 is 2.69 bits per heavy atom. The third-order valence-corrected chi connectivity index (χ3v) is 2.41. The summed E-state index contributed by atoms with van der Waals surface area (Å²) in [6.07, 6.45) is -2.01. The number of pyridine rings is 1. The monoisotopic (exact) mass is 290 g/mol. The maximum Gasteiger partial charge on any atom is 0.337 e. The molecule has 0 saturated heterocycles. The summed E-state index contributed by atoms with van der Waals surface area (Å²) in [7, 11) is 0. The summed E-state index contributed by atoms with van der Waals surface area (Å²) < 4.78 is 25.4. The molecule has 1 aromatic rings. The molecule has 0 atom stereocenters. The van der Waals surface area contributed by atoms with Crippen LogP contribution in [-0.2, 0) is 5.33 Å². The summed E-state index contributed by atoms with van der Waals surface area (Å²) in [5.74, 6) is -1.56. The van der Waals surface area contributed by atoms with E-state index in [2.05, 4.69) is 20.9 Å². The molecule has 16 heavy (non-hydrogen) atoms. The van der Waals surface area contributed by atoms with Gasteiger partial charge in [-0.3, -0.25) is 4.98 Å². The molecule has 0 aliphatic heterocycles. The maximum atomic E-state index is 12.7. The van der Waals surface area contributed by atoms with E-state index in [0.29, 0.717) is 0 Å². The fourth-order valence-corrected chi connectivity index (χ4v) is 1.67. The van der Waals surface area contributed by atoms with Crippen molar-refractivity contribution < 1.29 is 18.7 Å². The fraction of sp³-hybridized carbons (Fsp3) is 0.222. The number of nitrogens with zero attached hydrogens (tertiary/aromatic N) is 2. The number of carboxylic acids is 1. The third-order valence-electron chi connectivity index (χ3n) is 1.88. The topological polar surface area (TPSA) is 74.0 Å². The third kappa shape index (κ3) is 2.17. The Morgan fingerprint density at radius 1 is 1.69 bits per heavy atom. The Morgan fingerprint density at radius 2 is 2.31 bits per heavy atom. The van der Waals surface area contributed by atoms with Gasteiger partial charge in [-0.2, -0.15) is 5.26 Å². The van der Waals surface area contributed by atoms with Crippen molar-refractivity contribution in [1.29, 1.82) is 5.26 Å². The van der Waals surface area contributed by atoms with Crippen molar-refractivity contribution in [3.8, 4) is 6.07 Å². The number of hydrogen-bond donors (Lipinski definition) is 1. The largest absolute Gasteiger partial charge is 0.478 e. The Bertz CT molecular complexity index is 471. The highest BCUT2D eigenvalue weighted by atomic mass is 79.9. The molecule has 0 aromatic carbocycles. The smallest absolute Gasteiger partial charge is 0.337 e. The average molecular weight is 291 g/mol. The molecule has 0 radical (unpaired) electrons. The molecule has 0 aliphatic carbocycles. The van der Waals surface area contributed by atoms with Crippen LogP contribution in [0.15, 0.2) is 6.20 Å². The van der Waals surface area contributed by atoms with E-state index in [1.807, 2.05) is 0 Å². The molecule has 0 fully saturated rings. The zero-order valence-electron chi connectivity index (χ0n) is 7.75. The van der Waals surface area contributed by atoms with E-state index < -0.39 is 23.5 Å². The summed E-state index contributed by atoms with van der Waals surface area (Å²) in [5, 5.41) is 17.4. The zero-order chi connectivity index (χ0) is 12.3. The summed E-state index contributed by atoms with van der Waals surface area (Å²) in [5.41, 5.74) is -1.83. The van der Waals surface area contributed by atoms with Crippen LogP contribution in [0.25, 0.3) is 0 Å². The van der Waals surface area contributed by atoms with Crippen LogP contribution >= 0.6 is 15.9 Å². The number of aromatic nitrogens is 1. The van der Waals surface area contributed by atoms with Crippen molar-refractivity contribution >= 4 is 21.9 Å². The van der Waals surface area contributed by atoms with E-state index >= 15 is 0 Å². The van der Waals surface area contributed by atoms with Crippen molar-refractivity contribution in [3.63, 3.8) is 0 Å². The summed E-state index contributed by atoms with van der Waals surface area (Å²) in [4.78, 5) is 14.5. The van der Waals surface area contributed by atoms with Gasteiger partial charge in [0.05, 0.1) is 22.4 Å². The molecule has 1 rings (SSSR count). The van der Waals surface area contributed by atoms with E-state index in [1.54, 1.807) is 0 Å². The number of carboxylic acid groups (broad SMARTS) is 1. The molecule has 0 saturated carbocycles. The fourth-order valence-electron chi connectivity index (χ4n) is 1.22. The van der Waals surface area contributed by atoms with Crippen LogP contribution in [0.5, 0.6) is 0 Å². The van der Waals surface area contributed by atoms with Gasteiger partial charge < -0.3 is 5.11 Å². The number of nitriles is 1. The number of hydrogen-bond acceptors (Lipinski definition) is 3. The SMILES string of the molecule is N#Cc1cnc(CBr)c(C(F)F)c1C(=O)O. The molecule has 0 aliphatic rings. The lowest BCUT2D eigenvalue weighted by Crippen LogP contribution is -2.10. The van der Waals surface area contributed by atoms with E-state index in [9.17, 15) is 13.6 Å². The minimum atomic E-state index is -2.99. The first-order valence-corrected chi connectivity index (χ1v) is 5.14. The minimum absolute atomic E-state index is 0.00133. The first-order chi connectivity index (χ1) is 7.52. The van der Waals surface area contributed by atoms with Crippen LogP contribution in [0.2, 0.25) is 0 Å². The van der Waals surface area contributed by atoms with Gasteiger partial charge in [0.15, 0.2) is 0 Å². The molecule has 0 unspecified atom stereocenters. The highest BCUT2D eigenvalue weighted by Gasteiger charge is 2.25. The molecular weight excluding hydrogens is 286 g/mol. The molecule has 1 N–H and O–H groups in total. The number of aromatic carboxylic acids is 1. The van der Waals surface area contributed by atoms with Crippen molar-refractivity contribution in [2.75, 3.05) is 0 Å². The van der Waals surface area contributed by atoms with Gasteiger partial charge >= 0.3 is 5.97 Å². The van der Waals surface area contributed by atoms with Crippen LogP contribution in [-0.4, -0.2) is 16.1 Å². The first kappa shape index (κ1) is 12.5. The predicted octanol–water partition coefficient (Wildman–Crippen LogP) is 2.48. The molecule has 84 valence electrons. The van der Waals surface area contributed by atoms with Gasteiger partial charge in [0, 0.05) is 11.5 Å². The zero-order valence-corrected chi connectivity index (χ0v) is 9.33. The van der Waals surface area contributed by atoms with Crippen molar-refractivity contribution in [3.05, 3.63) is 28.6 Å². The van der Waals surface area contributed by atoms with Crippen LogP contribution < -0.4 is 0 Å². The Balaban J connectivity index is 3.61. The maximum absolute atomic E-state index is 12.7. The molecule has 7 heteroatoms. The van der Waals surface area contributed by atoms with Crippen LogP contribution in [0, 0.1) is 11.3 Å². The van der Waals surface area contributed by atoms with E-state index in [0.717, 1.165) is 6.20 Å². The van der Waals surface area contributed by atoms with Gasteiger partial charge in [-0.25, -0.2) is 13.6 Å². The van der Waals surface area contributed by atoms with Gasteiger partial charge in [-0.1, -0.05) is 15.9 Å². The quantitative estimate of drug-likeness (QED) is 0.868. The predicted molar refractivity (Wildman–Crippen MR) is 53.5 cm³/mol. The Hall–Kier alpha value is -1.55. The molecule has 1 aromatic heterocycles. The Labute approximate surface area is 97.7 Å². The van der Waals surface area contributed by atoms with Crippen molar-refractivity contribution in [1.82, 2.24) is 4.98 Å². The average Bonchev–Trinajstić information content (AvgIpc) is 2.26. The van der Waals surface area contributed by atoms with Crippen LogP contribution in [0.1, 0.15) is 33.6 Å². The van der Waals surface area contributed by atoms with Gasteiger partial charge in [0.1, 0.15) is 6.07 Å². The second-order valence-corrected chi connectivity index (χ2v) is 3.32. The molecular formula is C9H5BrF2N2O2. The number of halogens is 3. The van der Waals surface area contributed by atoms with Crippen LogP contribution in [0.4, 0.5) is 8.78 Å². The number of carbonyl (C=O) groups is 1. The molecule has 0 spiro atoms. The van der Waals surface area contributed by atoms with E-state index in [1.165, 1.54) is 6.07 Å². The standard InChI is InChI=1S/C9H5BrF2N2O2/c10-1-5-7(8(11)12)6(9(15)16)4(2-13)3-14-5/h3,8H,1H2,(H,15,16). The number of rotatable bonds is 3. The number of alkyl halides is 3. The highest BCUT2D eigenvalue weighted by molar-refractivity contribution is 9.08.